The number of halogens is 1. The summed E-state index contributed by atoms with van der Waals surface area (Å²) in [6.45, 7) is 6.50. The average molecular weight is 645 g/mol. The van der Waals surface area contributed by atoms with Gasteiger partial charge in [0.1, 0.15) is 17.6 Å². The minimum Gasteiger partial charge on any atom is -0.497 e. The van der Waals surface area contributed by atoms with Crippen LogP contribution < -0.4 is 20.6 Å². The number of ether oxygens (including phenoxy) is 1. The van der Waals surface area contributed by atoms with Gasteiger partial charge in [-0.1, -0.05) is 35.9 Å². The highest BCUT2D eigenvalue weighted by atomic mass is 35.5. The molecule has 3 N–H and O–H groups in total. The number of nitrogens with one attached hydrogen (secondary N) is 2. The van der Waals surface area contributed by atoms with Crippen molar-refractivity contribution in [1.82, 2.24) is 25.4 Å². The summed E-state index contributed by atoms with van der Waals surface area (Å²) in [7, 11) is -0.785. The summed E-state index contributed by atoms with van der Waals surface area (Å²) in [6.07, 6.45) is 1.48. The van der Waals surface area contributed by atoms with Crippen molar-refractivity contribution in [3.63, 3.8) is 0 Å². The van der Waals surface area contributed by atoms with E-state index >= 15 is 0 Å². The van der Waals surface area contributed by atoms with Crippen molar-refractivity contribution in [2.24, 2.45) is 4.99 Å². The maximum Gasteiger partial charge on any atom is 0.251 e. The zero-order chi connectivity index (χ0) is 32.1. The molecule has 0 bridgehead atoms. The third kappa shape index (κ3) is 7.50. The third-order valence-corrected chi connectivity index (χ3v) is 9.69. The molecule has 10 nitrogen and oxygen atoms in total. The van der Waals surface area contributed by atoms with Gasteiger partial charge in [0.2, 0.25) is 14.2 Å². The van der Waals surface area contributed by atoms with Crippen LogP contribution in [0.15, 0.2) is 71.7 Å². The lowest BCUT2D eigenvalue weighted by Crippen LogP contribution is -2.41. The predicted octanol–water partition coefficient (Wildman–Crippen LogP) is 4.25. The normalized spacial score (nSPS) is 14.1. The lowest BCUT2D eigenvalue weighted by molar-refractivity contribution is -0.121. The Bertz CT molecular complexity index is 1710. The third-order valence-electron chi connectivity index (χ3n) is 7.69. The minimum atomic E-state index is -2.40. The molecular weight excluding hydrogens is 608 g/mol. The first kappa shape index (κ1) is 32.1. The monoisotopic (exact) mass is 644 g/mol. The molecule has 0 saturated heterocycles. The molecule has 1 aliphatic heterocycles. The molecule has 2 heterocycles. The van der Waals surface area contributed by atoms with Gasteiger partial charge in [-0.2, -0.15) is 0 Å². The van der Waals surface area contributed by atoms with Gasteiger partial charge in [0, 0.05) is 34.8 Å². The van der Waals surface area contributed by atoms with Crippen molar-refractivity contribution in [3.05, 3.63) is 100 Å². The number of aromatic nitrogens is 3. The van der Waals surface area contributed by atoms with E-state index in [2.05, 4.69) is 20.8 Å². The van der Waals surface area contributed by atoms with Gasteiger partial charge in [-0.05, 0) is 80.5 Å². The first-order chi connectivity index (χ1) is 21.5. The van der Waals surface area contributed by atoms with Crippen molar-refractivity contribution in [2.45, 2.75) is 45.3 Å². The number of methoxy groups -OCH3 is 1. The molecule has 4 aromatic rings. The number of amides is 2. The van der Waals surface area contributed by atoms with E-state index in [0.29, 0.717) is 59.6 Å². The Labute approximate surface area is 268 Å². The van der Waals surface area contributed by atoms with E-state index in [9.17, 15) is 14.4 Å². The van der Waals surface area contributed by atoms with Crippen LogP contribution in [0.3, 0.4) is 0 Å². The number of hydrogen-bond acceptors (Lipinski definition) is 7. The summed E-state index contributed by atoms with van der Waals surface area (Å²) >= 11 is 6.18. The Morgan fingerprint density at radius 3 is 2.33 bits per heavy atom. The van der Waals surface area contributed by atoms with Crippen molar-refractivity contribution < 1.29 is 19.1 Å². The quantitative estimate of drug-likeness (QED) is 0.165. The fourth-order valence-corrected chi connectivity index (χ4v) is 6.34. The molecule has 1 aliphatic rings. The van der Waals surface area contributed by atoms with Crippen LogP contribution in [0.25, 0.3) is 5.69 Å². The van der Waals surface area contributed by atoms with E-state index in [1.54, 1.807) is 19.2 Å². The fraction of sp³-hybridized carbons (Fsp3) is 0.303. The second-order valence-corrected chi connectivity index (χ2v) is 15.6. The maximum absolute atomic E-state index is 13.2. The second-order valence-electron chi connectivity index (χ2n) is 11.5. The van der Waals surface area contributed by atoms with Gasteiger partial charge in [-0.3, -0.25) is 19.1 Å². The number of benzene rings is 3. The van der Waals surface area contributed by atoms with Crippen LogP contribution in [0.4, 0.5) is 0 Å². The molecule has 0 aliphatic carbocycles. The summed E-state index contributed by atoms with van der Waals surface area (Å²) in [5.74, 6) is 1.63. The number of aliphatic imine (C=N–C) groups is 1. The van der Waals surface area contributed by atoms with E-state index in [4.69, 9.17) is 21.3 Å². The van der Waals surface area contributed by atoms with Crippen LogP contribution in [0.1, 0.15) is 58.4 Å². The highest BCUT2D eigenvalue weighted by molar-refractivity contribution is 6.83. The first-order valence-corrected chi connectivity index (χ1v) is 18.2. The summed E-state index contributed by atoms with van der Waals surface area (Å²) in [6, 6.07) is 19.7. The summed E-state index contributed by atoms with van der Waals surface area (Å²) in [5.41, 5.74) is 3.79. The molecule has 1 unspecified atom stereocenters. The van der Waals surface area contributed by atoms with Gasteiger partial charge in [0.05, 0.1) is 24.9 Å². The zero-order valence-electron chi connectivity index (χ0n) is 25.8. The minimum absolute atomic E-state index is 0.0839. The average Bonchev–Trinajstić information content (AvgIpc) is 3.35. The Morgan fingerprint density at radius 1 is 0.978 bits per heavy atom. The van der Waals surface area contributed by atoms with Crippen molar-refractivity contribution in [3.8, 4) is 11.4 Å². The lowest BCUT2D eigenvalue weighted by atomic mass is 10.00. The number of carbonyl (C=O) groups excluding carboxylic acids is 2. The number of hydrogen-bond donors (Lipinski definition) is 3. The van der Waals surface area contributed by atoms with Gasteiger partial charge in [0.15, 0.2) is 5.82 Å². The van der Waals surface area contributed by atoms with Gasteiger partial charge >= 0.3 is 0 Å². The molecule has 0 fully saturated rings. The highest BCUT2D eigenvalue weighted by Crippen LogP contribution is 2.34. The van der Waals surface area contributed by atoms with E-state index in [-0.39, 0.29) is 18.2 Å². The SMILES string of the molecule is COc1ccc2c(c1)C(c1ccc(Cl)cc1)=NC(CC(=O)NCCCCNC(=O)c1ccc([Si](C)(C)O)cc1)c1nnc(C)n1-2. The summed E-state index contributed by atoms with van der Waals surface area (Å²) in [5, 5.41) is 16.2. The molecule has 12 heteroatoms. The van der Waals surface area contributed by atoms with Gasteiger partial charge in [-0.15, -0.1) is 10.2 Å². The van der Waals surface area contributed by atoms with Gasteiger partial charge in [0.25, 0.3) is 5.91 Å². The van der Waals surface area contributed by atoms with Crippen molar-refractivity contribution in [1.29, 1.82) is 0 Å². The van der Waals surface area contributed by atoms with Crippen molar-refractivity contribution >= 4 is 42.6 Å². The molecule has 1 atom stereocenters. The second kappa shape index (κ2) is 13.8. The lowest BCUT2D eigenvalue weighted by Gasteiger charge is -2.14. The van der Waals surface area contributed by atoms with Crippen LogP contribution >= 0.6 is 11.6 Å². The Morgan fingerprint density at radius 2 is 1.67 bits per heavy atom. The molecule has 45 heavy (non-hydrogen) atoms. The van der Waals surface area contributed by atoms with E-state index in [1.165, 1.54) is 0 Å². The molecule has 0 radical (unpaired) electrons. The largest absolute Gasteiger partial charge is 0.497 e. The van der Waals surface area contributed by atoms with E-state index in [0.717, 1.165) is 22.0 Å². The number of aryl methyl sites for hydroxylation is 1. The van der Waals surface area contributed by atoms with Crippen LogP contribution in [-0.4, -0.2) is 65.6 Å². The predicted molar refractivity (Wildman–Crippen MR) is 177 cm³/mol. The Kier molecular flexibility index (Phi) is 9.81. The maximum atomic E-state index is 13.2. The van der Waals surface area contributed by atoms with Crippen LogP contribution in [0.2, 0.25) is 18.1 Å². The molecule has 2 amide bonds. The summed E-state index contributed by atoms with van der Waals surface area (Å²) in [4.78, 5) is 41.0. The summed E-state index contributed by atoms with van der Waals surface area (Å²) < 4.78 is 7.47. The number of unbranched alkanes of at least 4 members (excludes halogenated alkanes) is 1. The topological polar surface area (TPSA) is 131 Å². The molecule has 0 spiro atoms. The molecule has 1 aromatic heterocycles. The smallest absolute Gasteiger partial charge is 0.251 e. The van der Waals surface area contributed by atoms with Crippen LogP contribution in [0.5, 0.6) is 5.75 Å². The Hall–Kier alpha value is -4.32. The molecule has 234 valence electrons. The van der Waals surface area contributed by atoms with E-state index in [1.807, 2.05) is 79.2 Å². The molecule has 3 aromatic carbocycles. The molecule has 5 rings (SSSR count). The number of rotatable bonds is 11. The molecule has 0 saturated carbocycles. The highest BCUT2D eigenvalue weighted by Gasteiger charge is 2.30. The van der Waals surface area contributed by atoms with Gasteiger partial charge < -0.3 is 20.2 Å². The van der Waals surface area contributed by atoms with Crippen LogP contribution in [-0.2, 0) is 4.79 Å². The van der Waals surface area contributed by atoms with Crippen molar-refractivity contribution in [2.75, 3.05) is 20.2 Å². The fourth-order valence-electron chi connectivity index (χ4n) is 5.24. The number of nitrogens with zero attached hydrogens (tertiary/aromatic N) is 4. The standard InChI is InChI=1S/C33H37ClN6O4Si/c1-21-38-39-32-28(20-30(41)35-17-5-6-18-36-33(42)23-9-14-26(15-10-23)45(3,4)43)37-31(22-7-11-24(34)12-8-22)27-19-25(44-2)13-16-29(27)40(21)32/h7-16,19,28,43H,5-6,17-18,20H2,1-4H3,(H,35,41)(H,36,42). The molecular formula is C33H37ClN6O4Si. The van der Waals surface area contributed by atoms with Crippen LogP contribution in [0, 0.1) is 6.92 Å². The Balaban J connectivity index is 1.23. The van der Waals surface area contributed by atoms with Gasteiger partial charge in [-0.25, -0.2) is 0 Å². The number of carbonyl (C=O) groups is 2. The van der Waals surface area contributed by atoms with E-state index < -0.39 is 14.4 Å². The zero-order valence-corrected chi connectivity index (χ0v) is 27.6. The first-order valence-electron chi connectivity index (χ1n) is 14.9. The number of fused-ring (bicyclic) bond motifs is 3.